The first-order chi connectivity index (χ1) is 9.04. The number of hydrogen-bond donors (Lipinski definition) is 4. The molecule has 19 heavy (non-hydrogen) atoms. The number of aromatic hydroxyl groups is 1. The number of anilines is 1. The van der Waals surface area contributed by atoms with Crippen LogP contribution in [0.1, 0.15) is 5.56 Å². The van der Waals surface area contributed by atoms with Gasteiger partial charge in [-0.25, -0.2) is 4.98 Å². The number of nitrogens with one attached hydrogen (secondary N) is 2. The molecule has 5 N–H and O–H groups in total. The van der Waals surface area contributed by atoms with Crippen LogP contribution in [0.2, 0.25) is 0 Å². The fraction of sp³-hybridized carbons (Fsp3) is 0.0833. The first kappa shape index (κ1) is 11.3. The van der Waals surface area contributed by atoms with Gasteiger partial charge in [-0.15, -0.1) is 0 Å². The number of nitrogens with two attached hydrogens (primary N) is 1. The number of aromatic nitrogens is 4. The molecule has 0 bridgehead atoms. The zero-order valence-electron chi connectivity index (χ0n) is 10.1. The highest BCUT2D eigenvalue weighted by Gasteiger charge is 2.12. The van der Waals surface area contributed by atoms with E-state index in [4.69, 9.17) is 5.73 Å². The number of hydrogen-bond acceptors (Lipinski definition) is 5. The number of rotatable bonds is 1. The smallest absolute Gasteiger partial charge is 0.278 e. The molecule has 96 valence electrons. The number of aryl methyl sites for hydroxylation is 1. The van der Waals surface area contributed by atoms with E-state index in [1.54, 1.807) is 12.1 Å². The standard InChI is InChI=1S/C12H11N5O2/c1-5-2-3-6(7(18)4-5)9-14-8-10(15-9)16-12(13)17-11(8)19/h2-4,18H,1H3,(H4,13,14,15,16,17,19). The van der Waals surface area contributed by atoms with Crippen LogP contribution in [0.15, 0.2) is 23.0 Å². The molecule has 0 aliphatic carbocycles. The minimum absolute atomic E-state index is 0.00341. The Morgan fingerprint density at radius 2 is 2.05 bits per heavy atom. The number of nitrogens with zero attached hydrogens (tertiary/aromatic N) is 2. The average molecular weight is 257 g/mol. The van der Waals surface area contributed by atoms with Crippen molar-refractivity contribution in [2.75, 3.05) is 5.73 Å². The number of phenolic OH excluding ortho intramolecular Hbond substituents is 1. The summed E-state index contributed by atoms with van der Waals surface area (Å²) in [6.07, 6.45) is 0. The first-order valence-electron chi connectivity index (χ1n) is 5.60. The second-order valence-electron chi connectivity index (χ2n) is 4.26. The summed E-state index contributed by atoms with van der Waals surface area (Å²) in [6.45, 7) is 1.87. The van der Waals surface area contributed by atoms with Crippen molar-refractivity contribution in [3.8, 4) is 17.1 Å². The SMILES string of the molecule is Cc1ccc(-c2nc3nc(N)[nH]c(=O)c3[nH]2)c(O)c1. The number of imidazole rings is 1. The number of benzene rings is 1. The third kappa shape index (κ3) is 1.81. The number of H-pyrrole nitrogens is 2. The Labute approximate surface area is 107 Å². The van der Waals surface area contributed by atoms with Gasteiger partial charge in [0.1, 0.15) is 11.6 Å². The molecule has 0 spiro atoms. The summed E-state index contributed by atoms with van der Waals surface area (Å²) >= 11 is 0. The van der Waals surface area contributed by atoms with Crippen LogP contribution in [0, 0.1) is 6.92 Å². The lowest BCUT2D eigenvalue weighted by molar-refractivity contribution is 0.476. The third-order valence-corrected chi connectivity index (χ3v) is 2.79. The maximum absolute atomic E-state index is 11.7. The average Bonchev–Trinajstić information content (AvgIpc) is 2.72. The van der Waals surface area contributed by atoms with E-state index < -0.39 is 5.56 Å². The van der Waals surface area contributed by atoms with Gasteiger partial charge in [-0.2, -0.15) is 4.98 Å². The van der Waals surface area contributed by atoms with E-state index in [-0.39, 0.29) is 22.9 Å². The number of nitrogen functional groups attached to an aromatic ring is 1. The Hall–Kier alpha value is -2.83. The van der Waals surface area contributed by atoms with Crippen LogP contribution in [0.5, 0.6) is 5.75 Å². The van der Waals surface area contributed by atoms with Crippen LogP contribution in [-0.2, 0) is 0 Å². The summed E-state index contributed by atoms with van der Waals surface area (Å²) in [5, 5.41) is 9.90. The highest BCUT2D eigenvalue weighted by molar-refractivity contribution is 5.77. The van der Waals surface area contributed by atoms with Crippen molar-refractivity contribution >= 4 is 17.1 Å². The normalized spacial score (nSPS) is 11.0. The van der Waals surface area contributed by atoms with Gasteiger partial charge in [0.2, 0.25) is 5.95 Å². The molecule has 1 aromatic carbocycles. The van der Waals surface area contributed by atoms with Gasteiger partial charge in [-0.1, -0.05) is 6.07 Å². The van der Waals surface area contributed by atoms with Crippen molar-refractivity contribution < 1.29 is 5.11 Å². The van der Waals surface area contributed by atoms with E-state index in [1.807, 2.05) is 13.0 Å². The van der Waals surface area contributed by atoms with Crippen LogP contribution in [0.3, 0.4) is 0 Å². The molecule has 7 nitrogen and oxygen atoms in total. The van der Waals surface area contributed by atoms with Crippen molar-refractivity contribution in [3.05, 3.63) is 34.1 Å². The summed E-state index contributed by atoms with van der Waals surface area (Å²) in [4.78, 5) is 25.0. The fourth-order valence-corrected chi connectivity index (χ4v) is 1.89. The lowest BCUT2D eigenvalue weighted by Gasteiger charge is -2.01. The lowest BCUT2D eigenvalue weighted by atomic mass is 10.1. The molecule has 2 heterocycles. The quantitative estimate of drug-likeness (QED) is 0.516. The molecule has 0 aliphatic heterocycles. The third-order valence-electron chi connectivity index (χ3n) is 2.79. The van der Waals surface area contributed by atoms with Gasteiger partial charge in [-0.3, -0.25) is 9.78 Å². The van der Waals surface area contributed by atoms with Crippen LogP contribution in [0.25, 0.3) is 22.6 Å². The Morgan fingerprint density at radius 3 is 2.79 bits per heavy atom. The van der Waals surface area contributed by atoms with Crippen molar-refractivity contribution in [3.63, 3.8) is 0 Å². The summed E-state index contributed by atoms with van der Waals surface area (Å²) in [6, 6.07) is 5.18. The molecule has 0 saturated heterocycles. The molecule has 2 aromatic heterocycles. The van der Waals surface area contributed by atoms with Gasteiger partial charge < -0.3 is 15.8 Å². The van der Waals surface area contributed by atoms with E-state index >= 15 is 0 Å². The second kappa shape index (κ2) is 3.84. The summed E-state index contributed by atoms with van der Waals surface area (Å²) in [5.41, 5.74) is 6.93. The number of aromatic amines is 2. The second-order valence-corrected chi connectivity index (χ2v) is 4.26. The molecule has 0 fully saturated rings. The molecule has 0 aliphatic rings. The maximum atomic E-state index is 11.7. The highest BCUT2D eigenvalue weighted by atomic mass is 16.3. The van der Waals surface area contributed by atoms with Crippen LogP contribution >= 0.6 is 0 Å². The molecule has 0 unspecified atom stereocenters. The molecule has 0 amide bonds. The molecule has 3 aromatic rings. The molecule has 7 heteroatoms. The predicted molar refractivity (Wildman–Crippen MR) is 70.8 cm³/mol. The predicted octanol–water partition coefficient (Wildman–Crippen LogP) is 0.909. The van der Waals surface area contributed by atoms with E-state index in [1.165, 1.54) is 0 Å². The molecule has 3 rings (SSSR count). The Morgan fingerprint density at radius 1 is 1.26 bits per heavy atom. The topological polar surface area (TPSA) is 121 Å². The van der Waals surface area contributed by atoms with Crippen molar-refractivity contribution in [2.24, 2.45) is 0 Å². The number of phenols is 1. The minimum atomic E-state index is -0.396. The fourth-order valence-electron chi connectivity index (χ4n) is 1.89. The lowest BCUT2D eigenvalue weighted by Crippen LogP contribution is -2.10. The van der Waals surface area contributed by atoms with Gasteiger partial charge in [0.25, 0.3) is 5.56 Å². The zero-order chi connectivity index (χ0) is 13.6. The van der Waals surface area contributed by atoms with Gasteiger partial charge in [0, 0.05) is 0 Å². The first-order valence-corrected chi connectivity index (χ1v) is 5.60. The Kier molecular flexibility index (Phi) is 2.28. The van der Waals surface area contributed by atoms with E-state index in [2.05, 4.69) is 19.9 Å². The molecular formula is C12H11N5O2. The Balaban J connectivity index is 2.26. The maximum Gasteiger partial charge on any atom is 0.278 e. The largest absolute Gasteiger partial charge is 0.507 e. The van der Waals surface area contributed by atoms with Gasteiger partial charge in [0.15, 0.2) is 11.2 Å². The summed E-state index contributed by atoms with van der Waals surface area (Å²) in [7, 11) is 0. The van der Waals surface area contributed by atoms with Crippen LogP contribution < -0.4 is 11.3 Å². The Bertz CT molecular complexity index is 834. The van der Waals surface area contributed by atoms with E-state index in [0.717, 1.165) is 5.56 Å². The van der Waals surface area contributed by atoms with Crippen molar-refractivity contribution in [1.29, 1.82) is 0 Å². The van der Waals surface area contributed by atoms with Crippen LogP contribution in [-0.4, -0.2) is 25.0 Å². The van der Waals surface area contributed by atoms with Gasteiger partial charge in [-0.05, 0) is 24.6 Å². The van der Waals surface area contributed by atoms with Crippen molar-refractivity contribution in [2.45, 2.75) is 6.92 Å². The monoisotopic (exact) mass is 257 g/mol. The molecule has 0 atom stereocenters. The summed E-state index contributed by atoms with van der Waals surface area (Å²) < 4.78 is 0. The highest BCUT2D eigenvalue weighted by Crippen LogP contribution is 2.28. The molecule has 0 saturated carbocycles. The van der Waals surface area contributed by atoms with E-state index in [0.29, 0.717) is 11.4 Å². The molecular weight excluding hydrogens is 246 g/mol. The minimum Gasteiger partial charge on any atom is -0.507 e. The number of fused-ring (bicyclic) bond motifs is 1. The van der Waals surface area contributed by atoms with Gasteiger partial charge in [0.05, 0.1) is 5.56 Å². The van der Waals surface area contributed by atoms with Gasteiger partial charge >= 0.3 is 0 Å². The van der Waals surface area contributed by atoms with Crippen LogP contribution in [0.4, 0.5) is 5.95 Å². The summed E-state index contributed by atoms with van der Waals surface area (Å²) in [5.74, 6) is 0.461. The molecule has 0 radical (unpaired) electrons. The van der Waals surface area contributed by atoms with Crippen molar-refractivity contribution in [1.82, 2.24) is 19.9 Å². The van der Waals surface area contributed by atoms with E-state index in [9.17, 15) is 9.90 Å². The zero-order valence-corrected chi connectivity index (χ0v) is 10.1.